The number of hydrogen-bond acceptors (Lipinski definition) is 7. The highest BCUT2D eigenvalue weighted by Gasteiger charge is 2.32. The van der Waals surface area contributed by atoms with Crippen molar-refractivity contribution in [1.82, 2.24) is 15.5 Å². The van der Waals surface area contributed by atoms with Crippen LogP contribution in [0, 0.1) is 5.82 Å². The summed E-state index contributed by atoms with van der Waals surface area (Å²) in [7, 11) is 0. The van der Waals surface area contributed by atoms with Gasteiger partial charge in [-0.25, -0.2) is 9.18 Å². The molecular formula is C15H14FN5O2S3. The largest absolute Gasteiger partial charge is 0.442 e. The number of nitrogens with zero attached hydrogens (tertiary/aromatic N) is 3. The number of thiocarbonyl (C=S) groups is 2. The Morgan fingerprint density at radius 1 is 1.54 bits per heavy atom. The summed E-state index contributed by atoms with van der Waals surface area (Å²) in [6, 6.07) is 4.49. The van der Waals surface area contributed by atoms with Crippen LogP contribution >= 0.6 is 35.8 Å². The number of amides is 1. The van der Waals surface area contributed by atoms with Crippen LogP contribution in [0.5, 0.6) is 0 Å². The Kier molecular flexibility index (Phi) is 5.69. The van der Waals surface area contributed by atoms with Crippen molar-refractivity contribution in [3.05, 3.63) is 24.0 Å². The lowest BCUT2D eigenvalue weighted by Crippen LogP contribution is -2.32. The van der Waals surface area contributed by atoms with Gasteiger partial charge in [-0.2, -0.15) is 0 Å². The van der Waals surface area contributed by atoms with Crippen molar-refractivity contribution < 1.29 is 13.9 Å². The Morgan fingerprint density at radius 3 is 3.04 bits per heavy atom. The van der Waals surface area contributed by atoms with Crippen molar-refractivity contribution in [2.24, 2.45) is 0 Å². The number of rotatable bonds is 6. The van der Waals surface area contributed by atoms with E-state index in [0.29, 0.717) is 39.5 Å². The van der Waals surface area contributed by atoms with E-state index in [1.165, 1.54) is 27.8 Å². The van der Waals surface area contributed by atoms with Crippen LogP contribution in [0.1, 0.15) is 6.92 Å². The van der Waals surface area contributed by atoms with E-state index < -0.39 is 11.9 Å². The van der Waals surface area contributed by atoms with Crippen LogP contribution < -0.4 is 15.5 Å². The first-order valence-electron chi connectivity index (χ1n) is 7.54. The predicted molar refractivity (Wildman–Crippen MR) is 106 cm³/mol. The van der Waals surface area contributed by atoms with Crippen molar-refractivity contribution in [2.45, 2.75) is 13.0 Å². The second-order valence-corrected chi connectivity index (χ2v) is 7.22. The molecule has 1 amide bonds. The lowest BCUT2D eigenvalue weighted by molar-refractivity contribution is 0.143. The van der Waals surface area contributed by atoms with Crippen LogP contribution in [0.3, 0.4) is 0 Å². The standard InChI is InChI=1S/C15H14FN5O2S3/c1-8(25)17-5-10-6-21(15(22)23-10)9-2-3-11(12(16)4-9)13-19-20-14(26-13)18-7-24/h2-4,7,10H,5-6H2,1H3,(H,17,25)(H,18,20,24)/t10-/m0/s1. The predicted octanol–water partition coefficient (Wildman–Crippen LogP) is 2.98. The minimum absolute atomic E-state index is 0.297. The third kappa shape index (κ3) is 4.11. The van der Waals surface area contributed by atoms with Gasteiger partial charge < -0.3 is 15.4 Å². The minimum atomic E-state index is -0.519. The molecule has 1 saturated heterocycles. The van der Waals surface area contributed by atoms with E-state index in [9.17, 15) is 9.18 Å². The maximum absolute atomic E-state index is 14.5. The fourth-order valence-corrected chi connectivity index (χ4v) is 3.39. The summed E-state index contributed by atoms with van der Waals surface area (Å²) < 4.78 is 19.8. The van der Waals surface area contributed by atoms with Crippen LogP contribution in [0.15, 0.2) is 18.2 Å². The normalized spacial score (nSPS) is 16.3. The van der Waals surface area contributed by atoms with Gasteiger partial charge in [0.05, 0.1) is 29.3 Å². The number of ether oxygens (including phenoxy) is 1. The van der Waals surface area contributed by atoms with E-state index in [1.54, 1.807) is 19.1 Å². The summed E-state index contributed by atoms with van der Waals surface area (Å²) in [4.78, 5) is 14.1. The summed E-state index contributed by atoms with van der Waals surface area (Å²) in [6.45, 7) is 2.48. The van der Waals surface area contributed by atoms with Crippen LogP contribution in [0.25, 0.3) is 10.6 Å². The molecule has 11 heteroatoms. The second-order valence-electron chi connectivity index (χ2n) is 5.39. The Balaban J connectivity index is 1.75. The van der Waals surface area contributed by atoms with Gasteiger partial charge in [0.15, 0.2) is 5.01 Å². The molecule has 2 aromatic rings. The molecule has 0 saturated carbocycles. The van der Waals surface area contributed by atoms with Gasteiger partial charge in [0.2, 0.25) is 5.13 Å². The van der Waals surface area contributed by atoms with Gasteiger partial charge in [-0.05, 0) is 25.1 Å². The molecule has 0 radical (unpaired) electrons. The van der Waals surface area contributed by atoms with E-state index in [1.807, 2.05) is 0 Å². The molecule has 26 heavy (non-hydrogen) atoms. The third-order valence-corrected chi connectivity index (χ3v) is 4.70. The number of cyclic esters (lactones) is 1. The average molecular weight is 412 g/mol. The summed E-state index contributed by atoms with van der Waals surface area (Å²) in [5, 5.41) is 14.4. The van der Waals surface area contributed by atoms with E-state index in [-0.39, 0.29) is 6.10 Å². The molecule has 2 heterocycles. The molecule has 1 aliphatic rings. The van der Waals surface area contributed by atoms with Crippen molar-refractivity contribution in [3.8, 4) is 10.6 Å². The first-order valence-corrected chi connectivity index (χ1v) is 9.23. The van der Waals surface area contributed by atoms with E-state index >= 15 is 0 Å². The maximum Gasteiger partial charge on any atom is 0.414 e. The fraction of sp³-hybridized carbons (Fsp3) is 0.267. The quantitative estimate of drug-likeness (QED) is 0.703. The van der Waals surface area contributed by atoms with Crippen molar-refractivity contribution in [1.29, 1.82) is 0 Å². The zero-order chi connectivity index (χ0) is 18.7. The SMILES string of the molecule is CC(=S)NC[C@H]1CN(c2ccc(-c3nnc(NC=S)s3)c(F)c2)C(=O)O1. The number of hydrogen-bond donors (Lipinski definition) is 2. The van der Waals surface area contributed by atoms with Crippen molar-refractivity contribution in [2.75, 3.05) is 23.3 Å². The molecule has 1 aromatic carbocycles. The molecule has 1 fully saturated rings. The molecule has 0 bridgehead atoms. The third-order valence-electron chi connectivity index (χ3n) is 3.55. The van der Waals surface area contributed by atoms with Gasteiger partial charge in [0.1, 0.15) is 11.9 Å². The maximum atomic E-state index is 14.5. The number of carbonyl (C=O) groups excluding carboxylic acids is 1. The lowest BCUT2D eigenvalue weighted by atomic mass is 10.2. The van der Waals surface area contributed by atoms with Crippen LogP contribution in [0.2, 0.25) is 0 Å². The second kappa shape index (κ2) is 7.98. The van der Waals surface area contributed by atoms with E-state index in [2.05, 4.69) is 33.0 Å². The van der Waals surface area contributed by atoms with Gasteiger partial charge in [-0.15, -0.1) is 10.2 Å². The number of carbonyl (C=O) groups is 1. The van der Waals surface area contributed by atoms with Crippen molar-refractivity contribution in [3.63, 3.8) is 0 Å². The van der Waals surface area contributed by atoms with Gasteiger partial charge >= 0.3 is 6.09 Å². The molecule has 136 valence electrons. The monoisotopic (exact) mass is 411 g/mol. The molecule has 0 spiro atoms. The zero-order valence-corrected chi connectivity index (χ0v) is 16.0. The van der Waals surface area contributed by atoms with Crippen molar-refractivity contribution >= 4 is 63.2 Å². The summed E-state index contributed by atoms with van der Waals surface area (Å²) in [5.74, 6) is -0.503. The number of nitrogens with one attached hydrogen (secondary N) is 2. The summed E-state index contributed by atoms with van der Waals surface area (Å²) in [6.07, 6.45) is -0.871. The summed E-state index contributed by atoms with van der Waals surface area (Å²) in [5.41, 5.74) is 2.02. The van der Waals surface area contributed by atoms with E-state index in [0.717, 1.165) is 0 Å². The first kappa shape index (κ1) is 18.5. The highest BCUT2D eigenvalue weighted by molar-refractivity contribution is 7.80. The topological polar surface area (TPSA) is 79.4 Å². The highest BCUT2D eigenvalue weighted by atomic mass is 32.1. The fourth-order valence-electron chi connectivity index (χ4n) is 2.38. The van der Waals surface area contributed by atoms with Gasteiger partial charge in [0.25, 0.3) is 0 Å². The minimum Gasteiger partial charge on any atom is -0.442 e. The molecule has 3 rings (SSSR count). The molecular weight excluding hydrogens is 397 g/mol. The van der Waals surface area contributed by atoms with Crippen LogP contribution in [-0.2, 0) is 4.74 Å². The Hall–Kier alpha value is -2.24. The smallest absolute Gasteiger partial charge is 0.414 e. The van der Waals surface area contributed by atoms with Gasteiger partial charge in [-0.1, -0.05) is 35.8 Å². The van der Waals surface area contributed by atoms with Gasteiger partial charge in [-0.3, -0.25) is 4.90 Å². The van der Waals surface area contributed by atoms with E-state index in [4.69, 9.17) is 17.0 Å². The number of aromatic nitrogens is 2. The molecule has 1 aromatic heterocycles. The molecule has 0 unspecified atom stereocenters. The Bertz CT molecular complexity index is 860. The molecule has 1 atom stereocenters. The Morgan fingerprint density at radius 2 is 2.35 bits per heavy atom. The highest BCUT2D eigenvalue weighted by Crippen LogP contribution is 2.31. The molecule has 1 aliphatic heterocycles. The Labute approximate surface area is 163 Å². The zero-order valence-electron chi connectivity index (χ0n) is 13.6. The lowest BCUT2D eigenvalue weighted by Gasteiger charge is -2.14. The summed E-state index contributed by atoms with van der Waals surface area (Å²) >= 11 is 10.8. The van der Waals surface area contributed by atoms with Crippen LogP contribution in [-0.4, -0.2) is 46.0 Å². The number of halogens is 1. The van der Waals surface area contributed by atoms with Gasteiger partial charge in [0, 0.05) is 5.56 Å². The molecule has 7 nitrogen and oxygen atoms in total. The number of anilines is 2. The molecule has 2 N–H and O–H groups in total. The molecule has 0 aliphatic carbocycles. The first-order chi connectivity index (χ1) is 12.5. The number of benzene rings is 1. The average Bonchev–Trinajstić information content (AvgIpc) is 3.20. The van der Waals surface area contributed by atoms with Crippen LogP contribution in [0.4, 0.5) is 20.0 Å².